The van der Waals surface area contributed by atoms with Crippen molar-refractivity contribution < 1.29 is 9.53 Å². The Balaban J connectivity index is 0.00000140. The first kappa shape index (κ1) is 23.4. The summed E-state index contributed by atoms with van der Waals surface area (Å²) < 4.78 is 5.46. The molecular formula is C21H33Cl2N3O2. The van der Waals surface area contributed by atoms with E-state index in [4.69, 9.17) is 4.74 Å². The topological polar surface area (TPSA) is 53.6 Å². The number of anilines is 1. The lowest BCUT2D eigenvalue weighted by atomic mass is 9.67. The first-order valence-electron chi connectivity index (χ1n) is 10.1. The molecule has 3 atom stereocenters. The van der Waals surface area contributed by atoms with Gasteiger partial charge in [-0.2, -0.15) is 0 Å². The van der Waals surface area contributed by atoms with E-state index >= 15 is 0 Å². The third kappa shape index (κ3) is 4.65. The summed E-state index contributed by atoms with van der Waals surface area (Å²) in [6.07, 6.45) is 4.61. The molecule has 0 aromatic heterocycles. The largest absolute Gasteiger partial charge is 0.379 e. The monoisotopic (exact) mass is 429 g/mol. The number of halogens is 2. The number of morpholine rings is 1. The highest BCUT2D eigenvalue weighted by atomic mass is 35.5. The van der Waals surface area contributed by atoms with E-state index in [0.29, 0.717) is 12.0 Å². The first-order chi connectivity index (χ1) is 12.7. The fourth-order valence-corrected chi connectivity index (χ4v) is 5.00. The van der Waals surface area contributed by atoms with Gasteiger partial charge in [-0.25, -0.2) is 0 Å². The van der Waals surface area contributed by atoms with Crippen LogP contribution in [0, 0.1) is 11.3 Å². The normalized spacial score (nSPS) is 28.4. The molecule has 4 rings (SSSR count). The second-order valence-corrected chi connectivity index (χ2v) is 8.13. The molecule has 28 heavy (non-hydrogen) atoms. The maximum Gasteiger partial charge on any atom is 0.232 e. The number of benzene rings is 1. The van der Waals surface area contributed by atoms with Crippen LogP contribution in [0.25, 0.3) is 0 Å². The maximum absolute atomic E-state index is 13.2. The molecule has 3 aliphatic rings. The number of carbonyl (C=O) groups is 1. The van der Waals surface area contributed by atoms with E-state index in [0.717, 1.165) is 51.5 Å². The van der Waals surface area contributed by atoms with Crippen molar-refractivity contribution in [2.45, 2.75) is 38.6 Å². The average Bonchev–Trinajstić information content (AvgIpc) is 3.14. The van der Waals surface area contributed by atoms with Crippen LogP contribution >= 0.6 is 24.8 Å². The van der Waals surface area contributed by atoms with Crippen molar-refractivity contribution in [3.63, 3.8) is 0 Å². The number of amides is 1. The van der Waals surface area contributed by atoms with Crippen LogP contribution in [-0.4, -0.2) is 50.2 Å². The maximum atomic E-state index is 13.2. The van der Waals surface area contributed by atoms with E-state index in [1.807, 2.05) is 6.07 Å². The van der Waals surface area contributed by atoms with Crippen LogP contribution in [0.4, 0.5) is 5.69 Å². The van der Waals surface area contributed by atoms with Gasteiger partial charge in [0.05, 0.1) is 18.6 Å². The van der Waals surface area contributed by atoms with Crippen molar-refractivity contribution in [1.29, 1.82) is 0 Å². The number of rotatable bonds is 4. The van der Waals surface area contributed by atoms with E-state index in [-0.39, 0.29) is 36.1 Å². The van der Waals surface area contributed by atoms with E-state index in [9.17, 15) is 4.79 Å². The molecule has 1 aromatic carbocycles. The standard InChI is InChI=1S/C21H31N3O2.2ClH/c1-16(24-9-11-26-12-10-24)17-5-4-7-19(13-17)23-20(25)21-8-3-2-6-18(21)14-22-15-21;;/h4-5,7,13,16,18,22H,2-3,6,8-12,14-15H2,1H3,(H,23,25);2*1H/t16?,18-,21+;;/m0../s1. The molecule has 2 N–H and O–H groups in total. The third-order valence-electron chi connectivity index (χ3n) is 6.71. The Kier molecular flexibility index (Phi) is 8.59. The van der Waals surface area contributed by atoms with Gasteiger partial charge in [0.1, 0.15) is 0 Å². The lowest BCUT2D eigenvalue weighted by molar-refractivity contribution is -0.128. The van der Waals surface area contributed by atoms with Gasteiger partial charge in [-0.15, -0.1) is 24.8 Å². The average molecular weight is 430 g/mol. The smallest absolute Gasteiger partial charge is 0.232 e. The summed E-state index contributed by atoms with van der Waals surface area (Å²) in [7, 11) is 0. The number of hydrogen-bond acceptors (Lipinski definition) is 4. The number of carbonyl (C=O) groups excluding carboxylic acids is 1. The zero-order valence-electron chi connectivity index (χ0n) is 16.6. The zero-order valence-corrected chi connectivity index (χ0v) is 18.2. The molecule has 7 heteroatoms. The summed E-state index contributed by atoms with van der Waals surface area (Å²) in [6.45, 7) is 7.59. The van der Waals surface area contributed by atoms with Gasteiger partial charge in [-0.3, -0.25) is 9.69 Å². The third-order valence-corrected chi connectivity index (χ3v) is 6.71. The van der Waals surface area contributed by atoms with Crippen LogP contribution < -0.4 is 10.6 Å². The minimum atomic E-state index is -0.204. The predicted molar refractivity (Wildman–Crippen MR) is 118 cm³/mol. The summed E-state index contributed by atoms with van der Waals surface area (Å²) in [4.78, 5) is 15.6. The fourth-order valence-electron chi connectivity index (χ4n) is 5.00. The highest BCUT2D eigenvalue weighted by Gasteiger charge is 2.49. The molecule has 1 amide bonds. The van der Waals surface area contributed by atoms with E-state index < -0.39 is 0 Å². The van der Waals surface area contributed by atoms with Crippen molar-refractivity contribution in [2.75, 3.05) is 44.7 Å². The number of fused-ring (bicyclic) bond motifs is 1. The van der Waals surface area contributed by atoms with Gasteiger partial charge < -0.3 is 15.4 Å². The van der Waals surface area contributed by atoms with Gasteiger partial charge in [0.15, 0.2) is 0 Å². The second kappa shape index (κ2) is 10.3. The van der Waals surface area contributed by atoms with Crippen LogP contribution in [0.2, 0.25) is 0 Å². The van der Waals surface area contributed by atoms with Crippen LogP contribution in [0.1, 0.15) is 44.2 Å². The molecule has 2 aliphatic heterocycles. The molecule has 3 fully saturated rings. The van der Waals surface area contributed by atoms with E-state index in [1.54, 1.807) is 0 Å². The molecule has 2 heterocycles. The van der Waals surface area contributed by atoms with Gasteiger partial charge in [-0.1, -0.05) is 25.0 Å². The fraction of sp³-hybridized carbons (Fsp3) is 0.667. The molecule has 2 saturated heterocycles. The van der Waals surface area contributed by atoms with Crippen LogP contribution in [-0.2, 0) is 9.53 Å². The minimum Gasteiger partial charge on any atom is -0.379 e. The Hall–Kier alpha value is -0.850. The van der Waals surface area contributed by atoms with Gasteiger partial charge >= 0.3 is 0 Å². The summed E-state index contributed by atoms with van der Waals surface area (Å²) in [5, 5.41) is 6.71. The zero-order chi connectivity index (χ0) is 18.0. The molecule has 1 aliphatic carbocycles. The highest BCUT2D eigenvalue weighted by molar-refractivity contribution is 5.96. The Bertz CT molecular complexity index is 654. The van der Waals surface area contributed by atoms with Gasteiger partial charge in [-0.05, 0) is 49.9 Å². The molecule has 1 aromatic rings. The molecule has 1 saturated carbocycles. The summed E-state index contributed by atoms with van der Waals surface area (Å²) in [5.74, 6) is 0.704. The summed E-state index contributed by atoms with van der Waals surface area (Å²) >= 11 is 0. The Morgan fingerprint density at radius 1 is 1.29 bits per heavy atom. The number of hydrogen-bond donors (Lipinski definition) is 2. The number of nitrogens with one attached hydrogen (secondary N) is 2. The van der Waals surface area contributed by atoms with Gasteiger partial charge in [0.2, 0.25) is 5.91 Å². The molecule has 1 unspecified atom stereocenters. The second-order valence-electron chi connectivity index (χ2n) is 8.13. The Labute approximate surface area is 180 Å². The van der Waals surface area contributed by atoms with Crippen molar-refractivity contribution >= 4 is 36.4 Å². The molecule has 0 radical (unpaired) electrons. The van der Waals surface area contributed by atoms with Crippen molar-refractivity contribution in [2.24, 2.45) is 11.3 Å². The van der Waals surface area contributed by atoms with E-state index in [1.165, 1.54) is 24.8 Å². The van der Waals surface area contributed by atoms with Crippen LogP contribution in [0.3, 0.4) is 0 Å². The lowest BCUT2D eigenvalue weighted by Crippen LogP contribution is -2.44. The van der Waals surface area contributed by atoms with Gasteiger partial charge in [0, 0.05) is 31.4 Å². The van der Waals surface area contributed by atoms with Crippen molar-refractivity contribution in [1.82, 2.24) is 10.2 Å². The van der Waals surface area contributed by atoms with Crippen LogP contribution in [0.15, 0.2) is 24.3 Å². The predicted octanol–water partition coefficient (Wildman–Crippen LogP) is 3.64. The van der Waals surface area contributed by atoms with Crippen molar-refractivity contribution in [3.05, 3.63) is 29.8 Å². The highest BCUT2D eigenvalue weighted by Crippen LogP contribution is 2.44. The quantitative estimate of drug-likeness (QED) is 0.766. The number of nitrogens with zero attached hydrogens (tertiary/aromatic N) is 1. The van der Waals surface area contributed by atoms with Crippen molar-refractivity contribution in [3.8, 4) is 0 Å². The van der Waals surface area contributed by atoms with Crippen LogP contribution in [0.5, 0.6) is 0 Å². The molecule has 0 bridgehead atoms. The van der Waals surface area contributed by atoms with Gasteiger partial charge in [0.25, 0.3) is 0 Å². The first-order valence-corrected chi connectivity index (χ1v) is 10.1. The molecule has 0 spiro atoms. The summed E-state index contributed by atoms with van der Waals surface area (Å²) in [6, 6.07) is 8.72. The molecule has 158 valence electrons. The lowest BCUT2D eigenvalue weighted by Gasteiger charge is -2.37. The minimum absolute atomic E-state index is 0. The SMILES string of the molecule is CC(c1cccc(NC(=O)[C@@]23CCCC[C@H]2CNC3)c1)N1CCOCC1.Cl.Cl. The molecule has 5 nitrogen and oxygen atoms in total. The molecular weight excluding hydrogens is 397 g/mol. The Morgan fingerprint density at radius 2 is 2.07 bits per heavy atom. The van der Waals surface area contributed by atoms with E-state index in [2.05, 4.69) is 40.7 Å². The number of ether oxygens (including phenoxy) is 1. The summed E-state index contributed by atoms with van der Waals surface area (Å²) in [5.41, 5.74) is 1.98. The Morgan fingerprint density at radius 3 is 2.86 bits per heavy atom.